The maximum Gasteiger partial charge on any atom is 0.297 e. The normalized spacial score (nSPS) is 15.2. The Labute approximate surface area is 204 Å². The molecule has 1 aliphatic heterocycles. The highest BCUT2D eigenvalue weighted by atomic mass is 35.5. The number of nitrogens with zero attached hydrogens (tertiary/aromatic N) is 3. The predicted octanol–water partition coefficient (Wildman–Crippen LogP) is 5.71. The van der Waals surface area contributed by atoms with Crippen LogP contribution in [0, 0.1) is 6.92 Å². The summed E-state index contributed by atoms with van der Waals surface area (Å²) in [6.07, 6.45) is 1.55. The molecule has 7 nitrogen and oxygen atoms in total. The van der Waals surface area contributed by atoms with Crippen LogP contribution in [0.2, 0.25) is 5.02 Å². The molecule has 1 unspecified atom stereocenters. The first-order chi connectivity index (χ1) is 16.4. The Balaban J connectivity index is 1.76. The van der Waals surface area contributed by atoms with Crippen LogP contribution in [-0.2, 0) is 6.42 Å². The van der Waals surface area contributed by atoms with Crippen LogP contribution in [0.15, 0.2) is 45.6 Å². The number of rotatable bonds is 6. The van der Waals surface area contributed by atoms with Gasteiger partial charge in [-0.15, -0.1) is 10.2 Å². The molecule has 3 heterocycles. The third-order valence-corrected chi connectivity index (χ3v) is 7.24. The number of hydrogen-bond acceptors (Lipinski definition) is 7. The summed E-state index contributed by atoms with van der Waals surface area (Å²) in [4.78, 5) is 28.9. The zero-order valence-corrected chi connectivity index (χ0v) is 20.5. The Morgan fingerprint density at radius 3 is 2.74 bits per heavy atom. The van der Waals surface area contributed by atoms with Crippen LogP contribution in [0.5, 0.6) is 5.75 Å². The smallest absolute Gasteiger partial charge is 0.297 e. The number of aromatic nitrogens is 2. The number of carbonyl (C=O) groups is 1. The SMILES string of the molecule is CCCOc1cccc(C2c3c(oc4cc(C)c(Cl)cc4c3=O)C(=O)N2c2nnc(CC)s2)c1. The van der Waals surface area contributed by atoms with E-state index in [1.807, 2.05) is 45.0 Å². The minimum Gasteiger partial charge on any atom is -0.494 e. The number of carbonyl (C=O) groups excluding carboxylic acids is 1. The van der Waals surface area contributed by atoms with Gasteiger partial charge in [0.1, 0.15) is 16.3 Å². The van der Waals surface area contributed by atoms with E-state index in [0.717, 1.165) is 22.6 Å². The fraction of sp³-hybridized carbons (Fsp3) is 0.280. The van der Waals surface area contributed by atoms with Gasteiger partial charge in [-0.2, -0.15) is 0 Å². The van der Waals surface area contributed by atoms with Crippen molar-refractivity contribution in [3.63, 3.8) is 0 Å². The van der Waals surface area contributed by atoms with Crippen molar-refractivity contribution in [1.82, 2.24) is 10.2 Å². The zero-order valence-electron chi connectivity index (χ0n) is 18.9. The minimum absolute atomic E-state index is 0.0114. The Morgan fingerprint density at radius 2 is 2.00 bits per heavy atom. The van der Waals surface area contributed by atoms with E-state index in [0.29, 0.717) is 39.9 Å². The van der Waals surface area contributed by atoms with E-state index >= 15 is 0 Å². The second-order valence-corrected chi connectivity index (χ2v) is 9.55. The number of ether oxygens (including phenoxy) is 1. The summed E-state index contributed by atoms with van der Waals surface area (Å²) >= 11 is 7.64. The summed E-state index contributed by atoms with van der Waals surface area (Å²) in [5, 5.41) is 10.4. The summed E-state index contributed by atoms with van der Waals surface area (Å²) in [6, 6.07) is 9.97. The quantitative estimate of drug-likeness (QED) is 0.340. The summed E-state index contributed by atoms with van der Waals surface area (Å²) in [5.41, 5.74) is 1.77. The fourth-order valence-electron chi connectivity index (χ4n) is 4.09. The topological polar surface area (TPSA) is 85.5 Å². The molecule has 0 fully saturated rings. The van der Waals surface area contributed by atoms with Gasteiger partial charge in [-0.3, -0.25) is 14.5 Å². The van der Waals surface area contributed by atoms with Gasteiger partial charge in [-0.05, 0) is 55.2 Å². The van der Waals surface area contributed by atoms with Crippen molar-refractivity contribution in [3.8, 4) is 5.75 Å². The molecule has 1 aliphatic rings. The van der Waals surface area contributed by atoms with Crippen molar-refractivity contribution in [1.29, 1.82) is 0 Å². The number of benzene rings is 2. The van der Waals surface area contributed by atoms with Crippen LogP contribution >= 0.6 is 22.9 Å². The molecule has 0 spiro atoms. The molecule has 0 saturated heterocycles. The van der Waals surface area contributed by atoms with Crippen LogP contribution in [-0.4, -0.2) is 22.7 Å². The lowest BCUT2D eigenvalue weighted by molar-refractivity contribution is 0.0970. The highest BCUT2D eigenvalue weighted by molar-refractivity contribution is 7.15. The molecule has 2 aromatic heterocycles. The third kappa shape index (κ3) is 3.67. The molecular formula is C25H22ClN3O4S. The van der Waals surface area contributed by atoms with Crippen LogP contribution in [0.4, 0.5) is 5.13 Å². The average molecular weight is 496 g/mol. The number of fused-ring (bicyclic) bond motifs is 2. The number of anilines is 1. The first-order valence-corrected chi connectivity index (χ1v) is 12.3. The van der Waals surface area contributed by atoms with E-state index < -0.39 is 11.9 Å². The van der Waals surface area contributed by atoms with Crippen LogP contribution in [0.1, 0.15) is 58.6 Å². The standard InChI is InChI=1S/C25H22ClN3O4S/c1-4-9-32-15-8-6-7-14(11-15)21-20-22(30)16-12-17(26)13(3)10-18(16)33-23(20)24(31)29(21)25-28-27-19(5-2)34-25/h6-8,10-12,21H,4-5,9H2,1-3H3. The monoisotopic (exact) mass is 495 g/mol. The molecule has 0 radical (unpaired) electrons. The molecule has 1 amide bonds. The molecule has 0 aliphatic carbocycles. The van der Waals surface area contributed by atoms with Crippen molar-refractivity contribution in [2.45, 2.75) is 39.7 Å². The first-order valence-electron chi connectivity index (χ1n) is 11.1. The van der Waals surface area contributed by atoms with Crippen molar-refractivity contribution in [2.24, 2.45) is 0 Å². The Kier molecular flexibility index (Phi) is 5.87. The molecule has 4 aromatic rings. The molecule has 1 atom stereocenters. The number of aryl methyl sites for hydroxylation is 2. The van der Waals surface area contributed by atoms with E-state index in [1.165, 1.54) is 16.2 Å². The van der Waals surface area contributed by atoms with Crippen molar-refractivity contribution >= 4 is 44.9 Å². The van der Waals surface area contributed by atoms with E-state index in [4.69, 9.17) is 20.8 Å². The largest absolute Gasteiger partial charge is 0.494 e. The van der Waals surface area contributed by atoms with E-state index in [2.05, 4.69) is 10.2 Å². The van der Waals surface area contributed by atoms with E-state index in [9.17, 15) is 9.59 Å². The maximum absolute atomic E-state index is 13.7. The van der Waals surface area contributed by atoms with E-state index in [-0.39, 0.29) is 16.8 Å². The van der Waals surface area contributed by atoms with Gasteiger partial charge in [0.05, 0.1) is 23.6 Å². The van der Waals surface area contributed by atoms with Gasteiger partial charge >= 0.3 is 0 Å². The van der Waals surface area contributed by atoms with Crippen LogP contribution in [0.25, 0.3) is 11.0 Å². The lowest BCUT2D eigenvalue weighted by Crippen LogP contribution is -2.29. The Bertz CT molecular complexity index is 1480. The second kappa shape index (κ2) is 8.85. The van der Waals surface area contributed by atoms with Crippen molar-refractivity contribution < 1.29 is 13.9 Å². The van der Waals surface area contributed by atoms with Gasteiger partial charge in [-0.25, -0.2) is 0 Å². The average Bonchev–Trinajstić information content (AvgIpc) is 3.42. The van der Waals surface area contributed by atoms with Gasteiger partial charge in [-0.1, -0.05) is 48.9 Å². The predicted molar refractivity (Wildman–Crippen MR) is 132 cm³/mol. The van der Waals surface area contributed by atoms with Crippen molar-refractivity contribution in [2.75, 3.05) is 11.5 Å². The summed E-state index contributed by atoms with van der Waals surface area (Å²) in [7, 11) is 0. The van der Waals surface area contributed by atoms with Gasteiger partial charge < -0.3 is 9.15 Å². The molecule has 0 N–H and O–H groups in total. The molecule has 0 bridgehead atoms. The summed E-state index contributed by atoms with van der Waals surface area (Å²) in [6.45, 7) is 6.39. The van der Waals surface area contributed by atoms with Crippen LogP contribution < -0.4 is 15.1 Å². The van der Waals surface area contributed by atoms with Gasteiger partial charge in [0.25, 0.3) is 5.91 Å². The van der Waals surface area contributed by atoms with Gasteiger partial charge in [0.2, 0.25) is 10.9 Å². The zero-order chi connectivity index (χ0) is 24.0. The maximum atomic E-state index is 13.7. The molecular weight excluding hydrogens is 474 g/mol. The van der Waals surface area contributed by atoms with Crippen LogP contribution in [0.3, 0.4) is 0 Å². The van der Waals surface area contributed by atoms with Crippen molar-refractivity contribution in [3.05, 3.63) is 79.1 Å². The van der Waals surface area contributed by atoms with E-state index in [1.54, 1.807) is 12.1 Å². The molecule has 174 valence electrons. The highest BCUT2D eigenvalue weighted by Gasteiger charge is 2.45. The molecule has 0 saturated carbocycles. The number of hydrogen-bond donors (Lipinski definition) is 0. The number of halogens is 1. The first kappa shape index (κ1) is 22.6. The van der Waals surface area contributed by atoms with Gasteiger partial charge in [0, 0.05) is 5.02 Å². The lowest BCUT2D eigenvalue weighted by atomic mass is 9.98. The Morgan fingerprint density at radius 1 is 1.18 bits per heavy atom. The third-order valence-electron chi connectivity index (χ3n) is 5.76. The number of amides is 1. The minimum atomic E-state index is -0.730. The summed E-state index contributed by atoms with van der Waals surface area (Å²) < 4.78 is 11.9. The Hall–Kier alpha value is -3.23. The summed E-state index contributed by atoms with van der Waals surface area (Å²) in [5.74, 6) is 0.248. The lowest BCUT2D eigenvalue weighted by Gasteiger charge is -2.22. The highest BCUT2D eigenvalue weighted by Crippen LogP contribution is 2.43. The second-order valence-electron chi connectivity index (χ2n) is 8.10. The fourth-order valence-corrected chi connectivity index (χ4v) is 5.05. The van der Waals surface area contributed by atoms with Gasteiger partial charge in [0.15, 0.2) is 5.43 Å². The molecule has 9 heteroatoms. The molecule has 5 rings (SSSR count). The molecule has 34 heavy (non-hydrogen) atoms. The molecule has 2 aromatic carbocycles.